The maximum Gasteiger partial charge on any atom is 0.416 e. The van der Waals surface area contributed by atoms with Gasteiger partial charge in [-0.2, -0.15) is 22.4 Å². The van der Waals surface area contributed by atoms with Crippen molar-refractivity contribution in [2.75, 3.05) is 6.26 Å². The molecule has 3 heterocycles. The predicted octanol–water partition coefficient (Wildman–Crippen LogP) is 2.01. The molecule has 0 saturated carbocycles. The second kappa shape index (κ2) is 11.5. The van der Waals surface area contributed by atoms with Crippen LogP contribution in [-0.4, -0.2) is 75.3 Å². The molecule has 0 unspecified atom stereocenters. The first kappa shape index (κ1) is 30.4. The molecule has 4 N–H and O–H groups in total. The number of benzene rings is 1. The molecule has 17 heteroatoms. The zero-order chi connectivity index (χ0) is 29.3. The van der Waals surface area contributed by atoms with Crippen molar-refractivity contribution in [1.82, 2.24) is 14.1 Å². The molecule has 0 amide bonds. The minimum absolute atomic E-state index is 0.0236. The summed E-state index contributed by atoms with van der Waals surface area (Å²) in [6.07, 6.45) is -7.12. The van der Waals surface area contributed by atoms with Crippen LogP contribution in [0.4, 0.5) is 22.0 Å². The highest BCUT2D eigenvalue weighted by atomic mass is 32.2. The van der Waals surface area contributed by atoms with Gasteiger partial charge in [-0.25, -0.2) is 17.2 Å². The Labute approximate surface area is 219 Å². The third-order valence-electron chi connectivity index (χ3n) is 6.08. The van der Waals surface area contributed by atoms with Gasteiger partial charge in [0.25, 0.3) is 10.0 Å². The first-order valence-corrected chi connectivity index (χ1v) is 13.2. The lowest BCUT2D eigenvalue weighted by Crippen LogP contribution is -2.58. The Balaban J connectivity index is 0.000000459. The van der Waals surface area contributed by atoms with Crippen LogP contribution in [0.1, 0.15) is 42.2 Å². The minimum Gasteiger partial charge on any atom is -0.481 e. The van der Waals surface area contributed by atoms with Gasteiger partial charge in [0.05, 0.1) is 24.8 Å². The lowest BCUT2D eigenvalue weighted by molar-refractivity contribution is -0.269. The van der Waals surface area contributed by atoms with Crippen molar-refractivity contribution in [3.63, 3.8) is 0 Å². The molecule has 11 nitrogen and oxygen atoms in total. The van der Waals surface area contributed by atoms with E-state index in [2.05, 4.69) is 5.10 Å². The number of nitrogens with two attached hydrogens (primary N) is 1. The largest absolute Gasteiger partial charge is 0.481 e. The Hall–Kier alpha value is -3.15. The van der Waals surface area contributed by atoms with Crippen LogP contribution >= 0.6 is 0 Å². The average molecular weight is 585 g/mol. The van der Waals surface area contributed by atoms with E-state index in [-0.39, 0.29) is 37.9 Å². The monoisotopic (exact) mass is 584 g/mol. The van der Waals surface area contributed by atoms with E-state index >= 15 is 0 Å². The first-order chi connectivity index (χ1) is 18.0. The third-order valence-corrected chi connectivity index (χ3v) is 6.94. The van der Waals surface area contributed by atoms with Crippen molar-refractivity contribution in [2.45, 2.75) is 62.8 Å². The smallest absolute Gasteiger partial charge is 0.416 e. The Morgan fingerprint density at radius 2 is 1.77 bits per heavy atom. The van der Waals surface area contributed by atoms with Crippen LogP contribution in [-0.2, 0) is 37.4 Å². The van der Waals surface area contributed by atoms with Crippen LogP contribution in [0.2, 0.25) is 0 Å². The number of carboxylic acid groups (broad SMARTS) is 2. The Bertz CT molecular complexity index is 1300. The molecule has 2 aliphatic heterocycles. The Morgan fingerprint density at radius 3 is 2.28 bits per heavy atom. The van der Waals surface area contributed by atoms with Crippen molar-refractivity contribution >= 4 is 22.0 Å². The third kappa shape index (κ3) is 7.49. The number of rotatable bonds is 6. The number of hydrogen-bond donors (Lipinski definition) is 3. The fourth-order valence-corrected chi connectivity index (χ4v) is 4.88. The summed E-state index contributed by atoms with van der Waals surface area (Å²) in [5.74, 6) is -3.87. The van der Waals surface area contributed by atoms with Crippen LogP contribution in [0.3, 0.4) is 0 Å². The van der Waals surface area contributed by atoms with Crippen LogP contribution in [0.15, 0.2) is 24.4 Å². The summed E-state index contributed by atoms with van der Waals surface area (Å²) < 4.78 is 98.6. The van der Waals surface area contributed by atoms with E-state index in [0.717, 1.165) is 28.5 Å². The summed E-state index contributed by atoms with van der Waals surface area (Å²) in [6, 6.07) is 0.226. The van der Waals surface area contributed by atoms with E-state index < -0.39 is 64.1 Å². The SMILES string of the molecule is CS(=O)(=O)n1cc2c(n1)CN([C@@H]1C[C@H](N)[C@@H](c3cc(F)ccc3F)O[C@@H]1C(F)(F)F)C2.O=C(O)CCC(=O)O. The van der Waals surface area contributed by atoms with E-state index in [0.29, 0.717) is 11.3 Å². The standard InChI is InChI=1S/C18H19F5N4O3S.C4H6O4/c1-31(28,29)27-7-9-6-26(8-14(9)25-27)15-5-13(24)16(30-17(15)18(21,22)23)11-4-10(19)2-3-12(11)20;5-3(6)1-2-4(7)8/h2-4,7,13,15-17H,5-6,8,24H2,1H3;1-2H2,(H,5,6)(H,7,8)/t13-,15+,16+,17-;/m0./s1. The number of nitrogens with zero attached hydrogens (tertiary/aromatic N) is 3. The molecular formula is C22H25F5N4O7S. The number of fused-ring (bicyclic) bond motifs is 1. The van der Waals surface area contributed by atoms with E-state index in [9.17, 15) is 40.0 Å². The maximum absolute atomic E-state index is 14.2. The maximum atomic E-state index is 14.2. The van der Waals surface area contributed by atoms with Gasteiger partial charge < -0.3 is 20.7 Å². The molecule has 1 aromatic heterocycles. The van der Waals surface area contributed by atoms with E-state index in [1.807, 2.05) is 0 Å². The number of carbonyl (C=O) groups is 2. The van der Waals surface area contributed by atoms with E-state index in [1.165, 1.54) is 11.1 Å². The molecule has 0 bridgehead atoms. The van der Waals surface area contributed by atoms with Gasteiger partial charge in [-0.15, -0.1) is 0 Å². The highest BCUT2D eigenvalue weighted by Gasteiger charge is 2.54. The normalized spacial score (nSPS) is 23.6. The van der Waals surface area contributed by atoms with Crippen molar-refractivity contribution in [3.8, 4) is 0 Å². The molecule has 1 fully saturated rings. The summed E-state index contributed by atoms with van der Waals surface area (Å²) >= 11 is 0. The topological polar surface area (TPSA) is 165 Å². The summed E-state index contributed by atoms with van der Waals surface area (Å²) in [4.78, 5) is 20.7. The van der Waals surface area contributed by atoms with Gasteiger partial charge in [0.1, 0.15) is 17.7 Å². The molecule has 216 valence electrons. The Morgan fingerprint density at radius 1 is 1.15 bits per heavy atom. The molecule has 4 atom stereocenters. The summed E-state index contributed by atoms with van der Waals surface area (Å²) in [6.45, 7) is 0.00134. The van der Waals surface area contributed by atoms with Gasteiger partial charge in [-0.05, 0) is 24.6 Å². The molecule has 0 aliphatic carbocycles. The first-order valence-electron chi connectivity index (χ1n) is 11.4. The molecule has 2 aromatic rings. The molecule has 1 saturated heterocycles. The molecule has 39 heavy (non-hydrogen) atoms. The molecule has 0 spiro atoms. The number of aromatic nitrogens is 2. The second-order valence-corrected chi connectivity index (χ2v) is 10.9. The number of halogens is 5. The lowest BCUT2D eigenvalue weighted by Gasteiger charge is -2.44. The van der Waals surface area contributed by atoms with Gasteiger partial charge in [0.2, 0.25) is 0 Å². The van der Waals surface area contributed by atoms with Crippen molar-refractivity contribution < 1.29 is 54.9 Å². The zero-order valence-electron chi connectivity index (χ0n) is 20.3. The van der Waals surface area contributed by atoms with Crippen LogP contribution in [0.5, 0.6) is 0 Å². The van der Waals surface area contributed by atoms with Crippen molar-refractivity contribution in [1.29, 1.82) is 0 Å². The molecule has 4 rings (SSSR count). The van der Waals surface area contributed by atoms with Gasteiger partial charge in [-0.1, -0.05) is 0 Å². The predicted molar refractivity (Wildman–Crippen MR) is 123 cm³/mol. The fraction of sp³-hybridized carbons (Fsp3) is 0.500. The number of carboxylic acids is 2. The van der Waals surface area contributed by atoms with Gasteiger partial charge in [0.15, 0.2) is 6.10 Å². The zero-order valence-corrected chi connectivity index (χ0v) is 21.1. The van der Waals surface area contributed by atoms with Crippen molar-refractivity contribution in [3.05, 3.63) is 52.9 Å². The number of alkyl halides is 3. The van der Waals surface area contributed by atoms with E-state index in [4.69, 9.17) is 20.7 Å². The summed E-state index contributed by atoms with van der Waals surface area (Å²) in [7, 11) is -3.62. The van der Waals surface area contributed by atoms with Gasteiger partial charge in [0, 0.05) is 42.5 Å². The summed E-state index contributed by atoms with van der Waals surface area (Å²) in [5.41, 5.74) is 6.51. The fourth-order valence-electron chi connectivity index (χ4n) is 4.32. The Kier molecular flexibility index (Phi) is 8.99. The lowest BCUT2D eigenvalue weighted by atomic mass is 9.89. The molecule has 0 radical (unpaired) electrons. The quantitative estimate of drug-likeness (QED) is 0.428. The van der Waals surface area contributed by atoms with E-state index in [1.54, 1.807) is 0 Å². The van der Waals surface area contributed by atoms with Gasteiger partial charge >= 0.3 is 18.1 Å². The highest BCUT2D eigenvalue weighted by Crippen LogP contribution is 2.42. The molecular weight excluding hydrogens is 559 g/mol. The van der Waals surface area contributed by atoms with Crippen LogP contribution in [0, 0.1) is 11.6 Å². The highest BCUT2D eigenvalue weighted by molar-refractivity contribution is 7.89. The number of ether oxygens (including phenoxy) is 1. The average Bonchev–Trinajstić information content (AvgIpc) is 3.39. The van der Waals surface area contributed by atoms with Crippen LogP contribution in [0.25, 0.3) is 0 Å². The van der Waals surface area contributed by atoms with Crippen molar-refractivity contribution in [2.24, 2.45) is 5.73 Å². The number of aliphatic carboxylic acids is 2. The summed E-state index contributed by atoms with van der Waals surface area (Å²) in [5, 5.41) is 19.7. The second-order valence-electron chi connectivity index (χ2n) is 9.08. The molecule has 1 aromatic carbocycles. The van der Waals surface area contributed by atoms with Gasteiger partial charge in [-0.3, -0.25) is 14.5 Å². The van der Waals surface area contributed by atoms with Crippen LogP contribution < -0.4 is 5.73 Å². The minimum atomic E-state index is -4.79. The number of hydrogen-bond acceptors (Lipinski definition) is 8. The molecule has 2 aliphatic rings.